The topological polar surface area (TPSA) is 0 Å². The smallest absolute Gasteiger partial charge is 0.0587 e. The maximum Gasteiger partial charge on any atom is 0.0587 e. The summed E-state index contributed by atoms with van der Waals surface area (Å²) < 4.78 is 0. The SMILES string of the molecule is C[C@@]1(Cl)C[C@@H]2C=CC[C@@H]2CC1Cl. The van der Waals surface area contributed by atoms with Crippen molar-refractivity contribution >= 4 is 23.2 Å². The van der Waals surface area contributed by atoms with Crippen molar-refractivity contribution in [3.63, 3.8) is 0 Å². The van der Waals surface area contributed by atoms with Gasteiger partial charge in [0.1, 0.15) is 0 Å². The summed E-state index contributed by atoms with van der Waals surface area (Å²) in [6, 6.07) is 0. The molecule has 0 saturated heterocycles. The highest BCUT2D eigenvalue weighted by molar-refractivity contribution is 6.32. The molecule has 4 atom stereocenters. The third-order valence-corrected chi connectivity index (χ3v) is 4.41. The van der Waals surface area contributed by atoms with Crippen molar-refractivity contribution in [2.45, 2.75) is 36.4 Å². The van der Waals surface area contributed by atoms with E-state index >= 15 is 0 Å². The van der Waals surface area contributed by atoms with E-state index < -0.39 is 0 Å². The lowest BCUT2D eigenvalue weighted by atomic mass is 9.75. The molecule has 2 aliphatic carbocycles. The molecular formula is C10H14Cl2. The molecule has 68 valence electrons. The van der Waals surface area contributed by atoms with E-state index in [1.807, 2.05) is 0 Å². The third kappa shape index (κ3) is 1.40. The quantitative estimate of drug-likeness (QED) is 0.419. The number of hydrogen-bond acceptors (Lipinski definition) is 0. The summed E-state index contributed by atoms with van der Waals surface area (Å²) in [5.41, 5.74) is 0. The molecule has 0 aliphatic heterocycles. The van der Waals surface area contributed by atoms with Gasteiger partial charge in [0, 0.05) is 0 Å². The molecule has 0 nitrogen and oxygen atoms in total. The van der Waals surface area contributed by atoms with E-state index in [4.69, 9.17) is 23.2 Å². The van der Waals surface area contributed by atoms with Crippen LogP contribution in [0.4, 0.5) is 0 Å². The van der Waals surface area contributed by atoms with Crippen LogP contribution in [0.3, 0.4) is 0 Å². The van der Waals surface area contributed by atoms with Crippen LogP contribution < -0.4 is 0 Å². The number of fused-ring (bicyclic) bond motifs is 1. The fourth-order valence-corrected chi connectivity index (χ4v) is 2.95. The van der Waals surface area contributed by atoms with Gasteiger partial charge in [-0.05, 0) is 38.0 Å². The molecule has 0 heterocycles. The van der Waals surface area contributed by atoms with E-state index in [-0.39, 0.29) is 10.3 Å². The van der Waals surface area contributed by atoms with Gasteiger partial charge >= 0.3 is 0 Å². The van der Waals surface area contributed by atoms with E-state index in [0.717, 1.165) is 18.8 Å². The maximum absolute atomic E-state index is 6.32. The van der Waals surface area contributed by atoms with Crippen LogP contribution in [0.25, 0.3) is 0 Å². The van der Waals surface area contributed by atoms with Crippen molar-refractivity contribution in [3.8, 4) is 0 Å². The minimum absolute atomic E-state index is 0.153. The predicted molar refractivity (Wildman–Crippen MR) is 53.9 cm³/mol. The summed E-state index contributed by atoms with van der Waals surface area (Å²) in [7, 11) is 0. The van der Waals surface area contributed by atoms with Gasteiger partial charge in [-0.2, -0.15) is 0 Å². The lowest BCUT2D eigenvalue weighted by Crippen LogP contribution is -2.39. The molecule has 0 bridgehead atoms. The molecule has 1 fully saturated rings. The number of alkyl halides is 2. The van der Waals surface area contributed by atoms with Gasteiger partial charge in [-0.15, -0.1) is 23.2 Å². The van der Waals surface area contributed by atoms with Crippen LogP contribution in [0.5, 0.6) is 0 Å². The highest BCUT2D eigenvalue weighted by Gasteiger charge is 2.42. The molecule has 1 saturated carbocycles. The Morgan fingerprint density at radius 3 is 3.00 bits per heavy atom. The Kier molecular flexibility index (Phi) is 2.17. The second-order valence-corrected chi connectivity index (χ2v) is 5.66. The van der Waals surface area contributed by atoms with Gasteiger partial charge < -0.3 is 0 Å². The highest BCUT2D eigenvalue weighted by atomic mass is 35.5. The summed E-state index contributed by atoms with van der Waals surface area (Å²) in [5.74, 6) is 1.47. The molecule has 2 heteroatoms. The number of rotatable bonds is 0. The van der Waals surface area contributed by atoms with Crippen LogP contribution in [0.15, 0.2) is 12.2 Å². The minimum Gasteiger partial charge on any atom is -0.121 e. The normalized spacial score (nSPS) is 52.4. The van der Waals surface area contributed by atoms with E-state index in [9.17, 15) is 0 Å². The average Bonchev–Trinajstić information content (AvgIpc) is 2.35. The highest BCUT2D eigenvalue weighted by Crippen LogP contribution is 2.47. The molecule has 0 radical (unpaired) electrons. The van der Waals surface area contributed by atoms with Crippen LogP contribution in [-0.4, -0.2) is 10.3 Å². The fraction of sp³-hybridized carbons (Fsp3) is 0.800. The molecule has 2 aliphatic rings. The van der Waals surface area contributed by atoms with E-state index in [1.165, 1.54) is 6.42 Å². The summed E-state index contributed by atoms with van der Waals surface area (Å²) in [4.78, 5) is -0.183. The van der Waals surface area contributed by atoms with Gasteiger partial charge in [0.05, 0.1) is 10.3 Å². The second-order valence-electron chi connectivity index (χ2n) is 4.27. The van der Waals surface area contributed by atoms with E-state index in [2.05, 4.69) is 19.1 Å². The molecule has 1 unspecified atom stereocenters. The summed E-state index contributed by atoms with van der Waals surface area (Å²) in [6.07, 6.45) is 7.93. The van der Waals surface area contributed by atoms with Crippen molar-refractivity contribution in [1.29, 1.82) is 0 Å². The van der Waals surface area contributed by atoms with E-state index in [1.54, 1.807) is 0 Å². The van der Waals surface area contributed by atoms with Gasteiger partial charge in [-0.3, -0.25) is 0 Å². The van der Waals surface area contributed by atoms with Crippen LogP contribution in [-0.2, 0) is 0 Å². The van der Waals surface area contributed by atoms with Crippen molar-refractivity contribution in [1.82, 2.24) is 0 Å². The maximum atomic E-state index is 6.32. The van der Waals surface area contributed by atoms with Gasteiger partial charge in [0.25, 0.3) is 0 Å². The lowest BCUT2D eigenvalue weighted by molar-refractivity contribution is 0.265. The first-order chi connectivity index (χ1) is 5.59. The minimum atomic E-state index is -0.183. The van der Waals surface area contributed by atoms with Crippen molar-refractivity contribution in [2.75, 3.05) is 0 Å². The van der Waals surface area contributed by atoms with Gasteiger partial charge in [0.2, 0.25) is 0 Å². The largest absolute Gasteiger partial charge is 0.121 e. The number of allylic oxidation sites excluding steroid dienone is 2. The molecule has 0 spiro atoms. The van der Waals surface area contributed by atoms with Crippen molar-refractivity contribution in [2.24, 2.45) is 11.8 Å². The molecule has 0 N–H and O–H groups in total. The first kappa shape index (κ1) is 8.90. The molecule has 2 rings (SSSR count). The zero-order valence-electron chi connectivity index (χ0n) is 7.26. The molecule has 12 heavy (non-hydrogen) atoms. The Bertz CT molecular complexity index is 208. The second kappa shape index (κ2) is 2.92. The molecule has 0 aromatic carbocycles. The monoisotopic (exact) mass is 204 g/mol. The standard InChI is InChI=1S/C10H14Cl2/c1-10(12)6-8-4-2-3-7(8)5-9(10)11/h2,4,7-9H,3,5-6H2,1H3/t7-,8+,9?,10-/m1/s1. The molecule has 0 amide bonds. The molecule has 0 aromatic rings. The van der Waals surface area contributed by atoms with Gasteiger partial charge in [-0.1, -0.05) is 12.2 Å². The Balaban J connectivity index is 2.12. The van der Waals surface area contributed by atoms with Crippen LogP contribution >= 0.6 is 23.2 Å². The Morgan fingerprint density at radius 2 is 2.25 bits per heavy atom. The first-order valence-electron chi connectivity index (χ1n) is 4.59. The Morgan fingerprint density at radius 1 is 1.50 bits per heavy atom. The number of hydrogen-bond donors (Lipinski definition) is 0. The zero-order valence-corrected chi connectivity index (χ0v) is 8.78. The van der Waals surface area contributed by atoms with Crippen molar-refractivity contribution < 1.29 is 0 Å². The summed E-state index contributed by atoms with van der Waals surface area (Å²) in [6.45, 7) is 2.06. The number of halogens is 2. The summed E-state index contributed by atoms with van der Waals surface area (Å²) in [5, 5.41) is 0.153. The van der Waals surface area contributed by atoms with Crippen LogP contribution in [0.1, 0.15) is 26.2 Å². The summed E-state index contributed by atoms with van der Waals surface area (Å²) >= 11 is 12.5. The van der Waals surface area contributed by atoms with Crippen LogP contribution in [0, 0.1) is 11.8 Å². The van der Waals surface area contributed by atoms with Gasteiger partial charge in [0.15, 0.2) is 0 Å². The van der Waals surface area contributed by atoms with Gasteiger partial charge in [-0.25, -0.2) is 0 Å². The van der Waals surface area contributed by atoms with Crippen LogP contribution in [0.2, 0.25) is 0 Å². The Labute approximate surface area is 83.9 Å². The Hall–Kier alpha value is 0.320. The lowest BCUT2D eigenvalue weighted by Gasteiger charge is -2.39. The molecule has 0 aromatic heterocycles. The van der Waals surface area contributed by atoms with E-state index in [0.29, 0.717) is 5.92 Å². The molecular weight excluding hydrogens is 191 g/mol. The predicted octanol–water partition coefficient (Wildman–Crippen LogP) is 3.58. The zero-order chi connectivity index (χ0) is 8.77. The average molecular weight is 205 g/mol. The fourth-order valence-electron chi connectivity index (χ4n) is 2.37. The first-order valence-corrected chi connectivity index (χ1v) is 5.41. The third-order valence-electron chi connectivity index (χ3n) is 3.23. The van der Waals surface area contributed by atoms with Crippen molar-refractivity contribution in [3.05, 3.63) is 12.2 Å².